The molecule has 0 N–H and O–H groups in total. The van der Waals surface area contributed by atoms with Gasteiger partial charge in [0, 0.05) is 0 Å². The molecule has 0 unspecified atom stereocenters. The van der Waals surface area contributed by atoms with Crippen molar-refractivity contribution in [3.8, 4) is 0 Å². The first-order chi connectivity index (χ1) is 12.2. The first kappa shape index (κ1) is 19.2. The van der Waals surface area contributed by atoms with E-state index in [1.165, 1.54) is 16.7 Å². The Hall–Kier alpha value is -2.09. The third-order valence-corrected chi connectivity index (χ3v) is 4.75. The zero-order valence-corrected chi connectivity index (χ0v) is 16.0. The van der Waals surface area contributed by atoms with E-state index in [9.17, 15) is 4.79 Å². The lowest BCUT2D eigenvalue weighted by molar-refractivity contribution is 0.0470. The van der Waals surface area contributed by atoms with Crippen LogP contribution in [0.3, 0.4) is 0 Å². The van der Waals surface area contributed by atoms with Crippen LogP contribution < -0.4 is 0 Å². The average Bonchev–Trinajstić information content (AvgIpc) is 2.65. The van der Waals surface area contributed by atoms with Gasteiger partial charge in [0.15, 0.2) is 0 Å². The molecule has 134 valence electrons. The van der Waals surface area contributed by atoms with Crippen LogP contribution >= 0.6 is 0 Å². The highest BCUT2D eigenvalue weighted by Gasteiger charge is 2.21. The molecular formula is C23H30O2. The minimum Gasteiger partial charge on any atom is -0.457 e. The highest BCUT2D eigenvalue weighted by Crippen LogP contribution is 2.27. The second-order valence-electron chi connectivity index (χ2n) is 6.40. The van der Waals surface area contributed by atoms with Crippen LogP contribution in [0.4, 0.5) is 0 Å². The molecule has 0 saturated carbocycles. The standard InChI is InChI=1S/C23H30O2/c1-5-12-19-15-18(6-2)22(21(8-4)20(19)7-3)23(24)25-16-17-13-10-9-11-14-17/h9-11,13-15H,5-8,12,16H2,1-4H3. The molecule has 0 aliphatic carbocycles. The zero-order chi connectivity index (χ0) is 18.2. The van der Waals surface area contributed by atoms with Crippen LogP contribution in [-0.2, 0) is 37.0 Å². The number of esters is 1. The molecule has 25 heavy (non-hydrogen) atoms. The molecule has 0 atom stereocenters. The molecule has 2 aromatic carbocycles. The van der Waals surface area contributed by atoms with E-state index in [1.54, 1.807) is 0 Å². The fourth-order valence-corrected chi connectivity index (χ4v) is 3.56. The summed E-state index contributed by atoms with van der Waals surface area (Å²) in [5, 5.41) is 0. The molecule has 0 spiro atoms. The van der Waals surface area contributed by atoms with Crippen LogP contribution in [0.15, 0.2) is 36.4 Å². The maximum Gasteiger partial charge on any atom is 0.339 e. The molecule has 0 aliphatic heterocycles. The van der Waals surface area contributed by atoms with E-state index in [0.717, 1.165) is 48.8 Å². The Kier molecular flexibility index (Phi) is 7.24. The van der Waals surface area contributed by atoms with Gasteiger partial charge < -0.3 is 4.74 Å². The maximum atomic E-state index is 12.9. The summed E-state index contributed by atoms with van der Waals surface area (Å²) < 4.78 is 5.66. The van der Waals surface area contributed by atoms with E-state index in [1.807, 2.05) is 30.3 Å². The van der Waals surface area contributed by atoms with Gasteiger partial charge in [0.25, 0.3) is 0 Å². The lowest BCUT2D eigenvalue weighted by Gasteiger charge is -2.20. The molecule has 0 amide bonds. The normalized spacial score (nSPS) is 10.7. The van der Waals surface area contributed by atoms with Crippen molar-refractivity contribution >= 4 is 5.97 Å². The number of carbonyl (C=O) groups is 1. The van der Waals surface area contributed by atoms with E-state index >= 15 is 0 Å². The molecule has 2 nitrogen and oxygen atoms in total. The van der Waals surface area contributed by atoms with Gasteiger partial charge in [-0.1, -0.05) is 70.5 Å². The van der Waals surface area contributed by atoms with Crippen molar-refractivity contribution in [2.75, 3.05) is 0 Å². The molecule has 2 rings (SSSR count). The third-order valence-electron chi connectivity index (χ3n) is 4.75. The molecule has 0 saturated heterocycles. The van der Waals surface area contributed by atoms with Gasteiger partial charge in [-0.2, -0.15) is 0 Å². The van der Waals surface area contributed by atoms with Crippen LogP contribution in [0.25, 0.3) is 0 Å². The van der Waals surface area contributed by atoms with E-state index in [2.05, 4.69) is 33.8 Å². The van der Waals surface area contributed by atoms with Crippen LogP contribution in [0.1, 0.15) is 72.3 Å². The number of rotatable bonds is 8. The van der Waals surface area contributed by atoms with Crippen LogP contribution in [0.5, 0.6) is 0 Å². The van der Waals surface area contributed by atoms with Crippen molar-refractivity contribution in [2.45, 2.75) is 66.4 Å². The Balaban J connectivity index is 2.38. The van der Waals surface area contributed by atoms with Gasteiger partial charge in [-0.25, -0.2) is 4.79 Å². The summed E-state index contributed by atoms with van der Waals surface area (Å²) in [6, 6.07) is 12.1. The molecule has 0 heterocycles. The van der Waals surface area contributed by atoms with E-state index in [4.69, 9.17) is 4.74 Å². The average molecular weight is 338 g/mol. The largest absolute Gasteiger partial charge is 0.457 e. The van der Waals surface area contributed by atoms with Crippen LogP contribution in [0.2, 0.25) is 0 Å². The van der Waals surface area contributed by atoms with Crippen molar-refractivity contribution in [3.63, 3.8) is 0 Å². The quantitative estimate of drug-likeness (QED) is 0.579. The van der Waals surface area contributed by atoms with Gasteiger partial charge in [0.1, 0.15) is 6.61 Å². The highest BCUT2D eigenvalue weighted by atomic mass is 16.5. The molecule has 0 radical (unpaired) electrons. The lowest BCUT2D eigenvalue weighted by Crippen LogP contribution is -2.15. The summed E-state index contributed by atoms with van der Waals surface area (Å²) in [5.41, 5.74) is 6.87. The Labute approximate surface area is 152 Å². The molecule has 0 bridgehead atoms. The number of hydrogen-bond acceptors (Lipinski definition) is 2. The van der Waals surface area contributed by atoms with E-state index < -0.39 is 0 Å². The molecule has 2 aromatic rings. The minimum absolute atomic E-state index is 0.185. The summed E-state index contributed by atoms with van der Waals surface area (Å²) in [6.07, 6.45) is 4.87. The highest BCUT2D eigenvalue weighted by molar-refractivity contribution is 5.93. The smallest absolute Gasteiger partial charge is 0.339 e. The van der Waals surface area contributed by atoms with Crippen molar-refractivity contribution in [3.05, 3.63) is 69.8 Å². The Morgan fingerprint density at radius 2 is 1.56 bits per heavy atom. The lowest BCUT2D eigenvalue weighted by atomic mass is 9.86. The number of benzene rings is 2. The zero-order valence-electron chi connectivity index (χ0n) is 16.0. The second-order valence-corrected chi connectivity index (χ2v) is 6.40. The van der Waals surface area contributed by atoms with Crippen molar-refractivity contribution in [2.24, 2.45) is 0 Å². The second kappa shape index (κ2) is 9.41. The first-order valence-electron chi connectivity index (χ1n) is 9.53. The molecule has 0 aliphatic rings. The van der Waals surface area contributed by atoms with Gasteiger partial charge in [0.05, 0.1) is 5.56 Å². The summed E-state index contributed by atoms with van der Waals surface area (Å²) in [4.78, 5) is 12.9. The SMILES string of the molecule is CCCc1cc(CC)c(C(=O)OCc2ccccc2)c(CC)c1CC. The molecular weight excluding hydrogens is 308 g/mol. The predicted octanol–water partition coefficient (Wildman–Crippen LogP) is 5.68. The molecule has 2 heteroatoms. The van der Waals surface area contributed by atoms with Crippen molar-refractivity contribution < 1.29 is 9.53 Å². The van der Waals surface area contributed by atoms with E-state index in [-0.39, 0.29) is 5.97 Å². The van der Waals surface area contributed by atoms with Gasteiger partial charge in [-0.15, -0.1) is 0 Å². The molecule has 0 aromatic heterocycles. The van der Waals surface area contributed by atoms with Crippen molar-refractivity contribution in [1.82, 2.24) is 0 Å². The Morgan fingerprint density at radius 1 is 0.880 bits per heavy atom. The number of aryl methyl sites for hydroxylation is 2. The summed E-state index contributed by atoms with van der Waals surface area (Å²) in [5.74, 6) is -0.185. The molecule has 0 fully saturated rings. The van der Waals surface area contributed by atoms with E-state index in [0.29, 0.717) is 6.61 Å². The summed E-state index contributed by atoms with van der Waals surface area (Å²) in [7, 11) is 0. The minimum atomic E-state index is -0.185. The van der Waals surface area contributed by atoms with Gasteiger partial charge in [0.2, 0.25) is 0 Å². The summed E-state index contributed by atoms with van der Waals surface area (Å²) >= 11 is 0. The summed E-state index contributed by atoms with van der Waals surface area (Å²) in [6.45, 7) is 8.96. The fourth-order valence-electron chi connectivity index (χ4n) is 3.56. The Morgan fingerprint density at radius 3 is 2.12 bits per heavy atom. The maximum absolute atomic E-state index is 12.9. The number of ether oxygens (including phenoxy) is 1. The fraction of sp³-hybridized carbons (Fsp3) is 0.435. The monoisotopic (exact) mass is 338 g/mol. The predicted molar refractivity (Wildman–Crippen MR) is 104 cm³/mol. The van der Waals surface area contributed by atoms with Crippen molar-refractivity contribution in [1.29, 1.82) is 0 Å². The van der Waals surface area contributed by atoms with Gasteiger partial charge in [-0.05, 0) is 53.5 Å². The van der Waals surface area contributed by atoms with Crippen LogP contribution in [-0.4, -0.2) is 5.97 Å². The van der Waals surface area contributed by atoms with Gasteiger partial charge >= 0.3 is 5.97 Å². The van der Waals surface area contributed by atoms with Crippen LogP contribution in [0, 0.1) is 0 Å². The number of hydrogen-bond donors (Lipinski definition) is 0. The van der Waals surface area contributed by atoms with Gasteiger partial charge in [-0.3, -0.25) is 0 Å². The Bertz CT molecular complexity index is 702. The topological polar surface area (TPSA) is 26.3 Å². The first-order valence-corrected chi connectivity index (χ1v) is 9.53. The third kappa shape index (κ3) is 4.50. The number of carbonyl (C=O) groups excluding carboxylic acids is 1.